The summed E-state index contributed by atoms with van der Waals surface area (Å²) in [6, 6.07) is 11.9. The molecule has 0 atom stereocenters. The summed E-state index contributed by atoms with van der Waals surface area (Å²) in [6.07, 6.45) is 0. The van der Waals surface area contributed by atoms with Gasteiger partial charge in [-0.2, -0.15) is 8.42 Å². The number of nitrogens with one attached hydrogen (secondary N) is 1. The Bertz CT molecular complexity index is 1140. The molecular formula is C18H16N2O5S. The lowest BCUT2D eigenvalue weighted by Gasteiger charge is -2.12. The molecule has 0 aromatic heterocycles. The summed E-state index contributed by atoms with van der Waals surface area (Å²) >= 11 is 0. The second-order valence-corrected chi connectivity index (χ2v) is 7.28. The van der Waals surface area contributed by atoms with E-state index < -0.39 is 20.9 Å². The minimum Gasteiger partial charge on any atom is -0.507 e. The molecule has 0 heterocycles. The largest absolute Gasteiger partial charge is 0.507 e. The van der Waals surface area contributed by atoms with Crippen molar-refractivity contribution in [3.63, 3.8) is 0 Å². The van der Waals surface area contributed by atoms with Crippen LogP contribution in [0, 0.1) is 6.92 Å². The van der Waals surface area contributed by atoms with Gasteiger partial charge in [0.2, 0.25) is 0 Å². The van der Waals surface area contributed by atoms with Gasteiger partial charge in [0.15, 0.2) is 0 Å². The SMILES string of the molecule is Cc1ccc(N)c(C(=O)Nc2cccc3c(O)cc(S(=O)(=O)O)cc23)c1. The third kappa shape index (κ3) is 3.32. The highest BCUT2D eigenvalue weighted by molar-refractivity contribution is 7.85. The van der Waals surface area contributed by atoms with E-state index in [0.29, 0.717) is 11.1 Å². The third-order valence-electron chi connectivity index (χ3n) is 3.95. The number of rotatable bonds is 3. The highest BCUT2D eigenvalue weighted by Crippen LogP contribution is 2.33. The number of amides is 1. The van der Waals surface area contributed by atoms with Crippen LogP contribution in [0.5, 0.6) is 5.75 Å². The van der Waals surface area contributed by atoms with Gasteiger partial charge >= 0.3 is 0 Å². The third-order valence-corrected chi connectivity index (χ3v) is 4.78. The molecule has 7 nitrogen and oxygen atoms in total. The van der Waals surface area contributed by atoms with E-state index in [1.54, 1.807) is 36.4 Å². The van der Waals surface area contributed by atoms with Gasteiger partial charge in [0.1, 0.15) is 5.75 Å². The zero-order valence-electron chi connectivity index (χ0n) is 13.7. The number of aryl methyl sites for hydroxylation is 1. The van der Waals surface area contributed by atoms with E-state index in [-0.39, 0.29) is 22.4 Å². The molecule has 26 heavy (non-hydrogen) atoms. The molecule has 8 heteroatoms. The number of aromatic hydroxyl groups is 1. The monoisotopic (exact) mass is 372 g/mol. The van der Waals surface area contributed by atoms with E-state index in [0.717, 1.165) is 11.6 Å². The first-order valence-electron chi connectivity index (χ1n) is 7.57. The maximum atomic E-state index is 12.6. The first-order valence-corrected chi connectivity index (χ1v) is 9.01. The summed E-state index contributed by atoms with van der Waals surface area (Å²) in [5.74, 6) is -0.809. The van der Waals surface area contributed by atoms with Gasteiger partial charge < -0.3 is 16.2 Å². The summed E-state index contributed by atoms with van der Waals surface area (Å²) in [7, 11) is -4.52. The molecule has 0 saturated carbocycles. The fourth-order valence-corrected chi connectivity index (χ4v) is 3.18. The summed E-state index contributed by atoms with van der Waals surface area (Å²) in [4.78, 5) is 12.1. The number of nitrogen functional groups attached to an aromatic ring is 1. The lowest BCUT2D eigenvalue weighted by Crippen LogP contribution is -2.14. The van der Waals surface area contributed by atoms with E-state index in [1.807, 2.05) is 6.92 Å². The average Bonchev–Trinajstić information content (AvgIpc) is 2.56. The standard InChI is InChI=1S/C18H16N2O5S/c1-10-5-6-15(19)14(7-10)18(22)20-16-4-2-3-12-13(16)8-11(9-17(12)21)26(23,24)25/h2-9,21H,19H2,1H3,(H,20,22)(H,23,24,25). The van der Waals surface area contributed by atoms with Crippen LogP contribution in [0.3, 0.4) is 0 Å². The Balaban J connectivity index is 2.12. The quantitative estimate of drug-likeness (QED) is 0.413. The van der Waals surface area contributed by atoms with E-state index >= 15 is 0 Å². The maximum Gasteiger partial charge on any atom is 0.294 e. The molecule has 0 aliphatic heterocycles. The van der Waals surface area contributed by atoms with E-state index in [4.69, 9.17) is 5.73 Å². The molecule has 134 valence electrons. The summed E-state index contributed by atoms with van der Waals surface area (Å²) in [5.41, 5.74) is 7.55. The normalized spacial score (nSPS) is 11.5. The van der Waals surface area contributed by atoms with Crippen LogP contribution >= 0.6 is 0 Å². The second-order valence-electron chi connectivity index (χ2n) is 5.86. The Morgan fingerprint density at radius 1 is 1.08 bits per heavy atom. The van der Waals surface area contributed by atoms with Crippen LogP contribution in [0.1, 0.15) is 15.9 Å². The van der Waals surface area contributed by atoms with Crippen LogP contribution in [0.2, 0.25) is 0 Å². The van der Waals surface area contributed by atoms with Crippen molar-refractivity contribution in [2.45, 2.75) is 11.8 Å². The number of hydrogen-bond acceptors (Lipinski definition) is 5. The van der Waals surface area contributed by atoms with Crippen LogP contribution < -0.4 is 11.1 Å². The van der Waals surface area contributed by atoms with Crippen molar-refractivity contribution in [3.05, 3.63) is 59.7 Å². The molecule has 5 N–H and O–H groups in total. The molecule has 0 fully saturated rings. The highest BCUT2D eigenvalue weighted by atomic mass is 32.2. The lowest BCUT2D eigenvalue weighted by atomic mass is 10.1. The topological polar surface area (TPSA) is 130 Å². The molecule has 0 unspecified atom stereocenters. The lowest BCUT2D eigenvalue weighted by molar-refractivity contribution is 0.102. The second kappa shape index (κ2) is 6.32. The molecular weight excluding hydrogens is 356 g/mol. The zero-order valence-corrected chi connectivity index (χ0v) is 14.5. The van der Waals surface area contributed by atoms with Crippen LogP contribution in [-0.4, -0.2) is 24.0 Å². The first-order chi connectivity index (χ1) is 12.2. The molecule has 0 aliphatic carbocycles. The Morgan fingerprint density at radius 2 is 1.81 bits per heavy atom. The van der Waals surface area contributed by atoms with Gasteiger partial charge in [-0.1, -0.05) is 23.8 Å². The predicted molar refractivity (Wildman–Crippen MR) is 99.0 cm³/mol. The molecule has 3 aromatic carbocycles. The van der Waals surface area contributed by atoms with Gasteiger partial charge in [-0.3, -0.25) is 9.35 Å². The fraction of sp³-hybridized carbons (Fsp3) is 0.0556. The summed E-state index contributed by atoms with van der Waals surface area (Å²) in [6.45, 7) is 1.82. The van der Waals surface area contributed by atoms with Crippen molar-refractivity contribution in [1.82, 2.24) is 0 Å². The number of carbonyl (C=O) groups excluding carboxylic acids is 1. The van der Waals surface area contributed by atoms with Gasteiger partial charge in [0, 0.05) is 28.2 Å². The minimum atomic E-state index is -4.52. The van der Waals surface area contributed by atoms with Crippen molar-refractivity contribution >= 4 is 38.2 Å². The molecule has 3 rings (SSSR count). The van der Waals surface area contributed by atoms with Crippen LogP contribution in [0.15, 0.2) is 53.4 Å². The first kappa shape index (κ1) is 17.7. The van der Waals surface area contributed by atoms with Gasteiger partial charge in [0.25, 0.3) is 16.0 Å². The van der Waals surface area contributed by atoms with Crippen LogP contribution in [0.25, 0.3) is 10.8 Å². The predicted octanol–water partition coefficient (Wildman–Crippen LogP) is 2.94. The molecule has 0 aliphatic rings. The number of phenolic OH excluding ortho intramolecular Hbond substituents is 1. The number of anilines is 2. The van der Waals surface area contributed by atoms with Gasteiger partial charge in [-0.15, -0.1) is 0 Å². The van der Waals surface area contributed by atoms with E-state index in [1.165, 1.54) is 6.07 Å². The average molecular weight is 372 g/mol. The molecule has 3 aromatic rings. The van der Waals surface area contributed by atoms with Crippen LogP contribution in [-0.2, 0) is 10.1 Å². The number of nitrogens with two attached hydrogens (primary N) is 1. The molecule has 0 saturated heterocycles. The van der Waals surface area contributed by atoms with Crippen LogP contribution in [0.4, 0.5) is 11.4 Å². The van der Waals surface area contributed by atoms with Gasteiger partial charge in [-0.25, -0.2) is 0 Å². The van der Waals surface area contributed by atoms with E-state index in [2.05, 4.69) is 5.32 Å². The molecule has 1 amide bonds. The smallest absolute Gasteiger partial charge is 0.294 e. The summed E-state index contributed by atoms with van der Waals surface area (Å²) in [5, 5.41) is 13.3. The highest BCUT2D eigenvalue weighted by Gasteiger charge is 2.17. The number of fused-ring (bicyclic) bond motifs is 1. The molecule has 0 radical (unpaired) electrons. The van der Waals surface area contributed by atoms with Crippen molar-refractivity contribution in [2.75, 3.05) is 11.1 Å². The van der Waals surface area contributed by atoms with Crippen molar-refractivity contribution < 1.29 is 22.9 Å². The molecule has 0 bridgehead atoms. The van der Waals surface area contributed by atoms with Gasteiger partial charge in [-0.05, 0) is 31.2 Å². The zero-order chi connectivity index (χ0) is 19.1. The van der Waals surface area contributed by atoms with Crippen molar-refractivity contribution in [3.8, 4) is 5.75 Å². The number of benzene rings is 3. The molecule has 0 spiro atoms. The Morgan fingerprint density at radius 3 is 2.50 bits per heavy atom. The van der Waals surface area contributed by atoms with Crippen molar-refractivity contribution in [2.24, 2.45) is 0 Å². The fourth-order valence-electron chi connectivity index (χ4n) is 2.65. The summed E-state index contributed by atoms with van der Waals surface area (Å²) < 4.78 is 32.1. The Labute approximate surface area is 149 Å². The number of phenols is 1. The van der Waals surface area contributed by atoms with Gasteiger partial charge in [0.05, 0.1) is 10.5 Å². The van der Waals surface area contributed by atoms with Crippen molar-refractivity contribution in [1.29, 1.82) is 0 Å². The Kier molecular flexibility index (Phi) is 4.31. The Hall–Kier alpha value is -3.10. The number of carbonyl (C=O) groups is 1. The minimum absolute atomic E-state index is 0.264. The maximum absolute atomic E-state index is 12.6. The number of hydrogen-bond donors (Lipinski definition) is 4. The van der Waals surface area contributed by atoms with E-state index in [9.17, 15) is 22.9 Å².